The molecule has 1 aromatic carbocycles. The van der Waals surface area contributed by atoms with Gasteiger partial charge in [0.15, 0.2) is 0 Å². The van der Waals surface area contributed by atoms with Crippen molar-refractivity contribution < 1.29 is 4.79 Å². The van der Waals surface area contributed by atoms with Gasteiger partial charge in [-0.15, -0.1) is 11.8 Å². The molecule has 1 aliphatic rings. The number of nitrogens with one attached hydrogen (secondary N) is 1. The maximum Gasteiger partial charge on any atom is 0.233 e. The van der Waals surface area contributed by atoms with Crippen LogP contribution in [0.25, 0.3) is 0 Å². The molecule has 0 spiro atoms. The minimum Gasteiger partial charge on any atom is -0.398 e. The molecule has 2 rings (SSSR count). The van der Waals surface area contributed by atoms with Gasteiger partial charge in [-0.05, 0) is 44.4 Å². The second kappa shape index (κ2) is 5.00. The molecule has 0 radical (unpaired) electrons. The molecule has 1 amide bonds. The summed E-state index contributed by atoms with van der Waals surface area (Å²) >= 11 is 1.53. The van der Waals surface area contributed by atoms with E-state index < -0.39 is 0 Å². The molecule has 0 saturated heterocycles. The quantitative estimate of drug-likeness (QED) is 0.637. The largest absolute Gasteiger partial charge is 0.398 e. The predicted octanol–water partition coefficient (Wildman–Crippen LogP) is 2.34. The number of anilines is 1. The number of nitrogens with two attached hydrogens (primary N) is 1. The Balaban J connectivity index is 1.98. The van der Waals surface area contributed by atoms with E-state index >= 15 is 0 Å². The fourth-order valence-corrected chi connectivity index (χ4v) is 2.55. The lowest BCUT2D eigenvalue weighted by Gasteiger charge is -2.13. The Kier molecular flexibility index (Phi) is 3.62. The lowest BCUT2D eigenvalue weighted by molar-refractivity contribution is -0.120. The second-order valence-electron chi connectivity index (χ2n) is 4.58. The van der Waals surface area contributed by atoms with E-state index in [9.17, 15) is 4.79 Å². The van der Waals surface area contributed by atoms with Crippen molar-refractivity contribution in [3.05, 3.63) is 23.8 Å². The van der Waals surface area contributed by atoms with Crippen molar-refractivity contribution in [1.82, 2.24) is 5.32 Å². The summed E-state index contributed by atoms with van der Waals surface area (Å²) in [4.78, 5) is 12.8. The van der Waals surface area contributed by atoms with Crippen molar-refractivity contribution >= 4 is 23.4 Å². The third-order valence-electron chi connectivity index (χ3n) is 2.77. The number of benzene rings is 1. The highest BCUT2D eigenvalue weighted by atomic mass is 32.2. The molecule has 4 heteroatoms. The molecule has 1 fully saturated rings. The SMILES string of the molecule is Cc1ccc(N)c(SC(C)C(=O)NC2CC2)c1. The van der Waals surface area contributed by atoms with Crippen LogP contribution in [0.1, 0.15) is 25.3 Å². The monoisotopic (exact) mass is 250 g/mol. The van der Waals surface area contributed by atoms with Gasteiger partial charge in [-0.25, -0.2) is 0 Å². The third-order valence-corrected chi connectivity index (χ3v) is 3.94. The van der Waals surface area contributed by atoms with E-state index in [0.717, 1.165) is 29.0 Å². The molecule has 0 bridgehead atoms. The summed E-state index contributed by atoms with van der Waals surface area (Å²) in [5, 5.41) is 2.91. The maximum atomic E-state index is 11.8. The molecule has 17 heavy (non-hydrogen) atoms. The molecule has 1 aromatic rings. The van der Waals surface area contributed by atoms with E-state index in [2.05, 4.69) is 5.32 Å². The van der Waals surface area contributed by atoms with Crippen LogP contribution in [0.4, 0.5) is 5.69 Å². The molecule has 92 valence electrons. The van der Waals surface area contributed by atoms with Gasteiger partial charge in [0.05, 0.1) is 5.25 Å². The molecular weight excluding hydrogens is 232 g/mol. The predicted molar refractivity (Wildman–Crippen MR) is 72.1 cm³/mol. The first-order chi connectivity index (χ1) is 8.06. The molecule has 1 aliphatic carbocycles. The minimum absolute atomic E-state index is 0.0975. The fraction of sp³-hybridized carbons (Fsp3) is 0.462. The highest BCUT2D eigenvalue weighted by Gasteiger charge is 2.26. The van der Waals surface area contributed by atoms with Crippen LogP contribution in [-0.4, -0.2) is 17.2 Å². The Bertz CT molecular complexity index is 429. The van der Waals surface area contributed by atoms with Gasteiger partial charge in [0.1, 0.15) is 0 Å². The first-order valence-corrected chi connectivity index (χ1v) is 6.77. The van der Waals surface area contributed by atoms with E-state index in [1.807, 2.05) is 32.0 Å². The topological polar surface area (TPSA) is 55.1 Å². The number of hydrogen-bond acceptors (Lipinski definition) is 3. The normalized spacial score (nSPS) is 16.6. The number of hydrogen-bond donors (Lipinski definition) is 2. The molecule has 1 unspecified atom stereocenters. The minimum atomic E-state index is -0.0975. The Morgan fingerprint density at radius 1 is 1.53 bits per heavy atom. The van der Waals surface area contributed by atoms with Gasteiger partial charge in [-0.2, -0.15) is 0 Å². The molecule has 0 aromatic heterocycles. The van der Waals surface area contributed by atoms with Crippen molar-refractivity contribution in [2.45, 2.75) is 42.9 Å². The summed E-state index contributed by atoms with van der Waals surface area (Å²) in [5.41, 5.74) is 7.80. The van der Waals surface area contributed by atoms with Crippen LogP contribution in [0, 0.1) is 6.92 Å². The lowest BCUT2D eigenvalue weighted by atomic mass is 10.2. The average Bonchev–Trinajstić information content (AvgIpc) is 3.07. The Labute approximate surface area is 106 Å². The standard InChI is InChI=1S/C13H18N2OS/c1-8-3-6-11(14)12(7-8)17-9(2)13(16)15-10-4-5-10/h3,6-7,9-10H,4-5,14H2,1-2H3,(H,15,16). The fourth-order valence-electron chi connectivity index (χ4n) is 1.53. The van der Waals surface area contributed by atoms with E-state index in [1.54, 1.807) is 0 Å². The number of amides is 1. The Morgan fingerprint density at radius 3 is 2.88 bits per heavy atom. The summed E-state index contributed by atoms with van der Waals surface area (Å²) in [6, 6.07) is 6.32. The number of aryl methyl sites for hydroxylation is 1. The first-order valence-electron chi connectivity index (χ1n) is 5.89. The van der Waals surface area contributed by atoms with Crippen molar-refractivity contribution in [2.75, 3.05) is 5.73 Å². The summed E-state index contributed by atoms with van der Waals surface area (Å²) in [6.45, 7) is 3.95. The number of carbonyl (C=O) groups is 1. The summed E-state index contributed by atoms with van der Waals surface area (Å²) in [7, 11) is 0. The van der Waals surface area contributed by atoms with Gasteiger partial charge < -0.3 is 11.1 Å². The molecule has 3 nitrogen and oxygen atoms in total. The molecule has 0 aliphatic heterocycles. The molecular formula is C13H18N2OS. The zero-order valence-electron chi connectivity index (χ0n) is 10.2. The second-order valence-corrected chi connectivity index (χ2v) is 5.97. The summed E-state index contributed by atoms with van der Waals surface area (Å²) < 4.78 is 0. The zero-order chi connectivity index (χ0) is 12.4. The van der Waals surface area contributed by atoms with Crippen LogP contribution < -0.4 is 11.1 Å². The van der Waals surface area contributed by atoms with Crippen LogP contribution >= 0.6 is 11.8 Å². The lowest BCUT2D eigenvalue weighted by Crippen LogP contribution is -2.32. The Hall–Kier alpha value is -1.16. The first kappa shape index (κ1) is 12.3. The van der Waals surface area contributed by atoms with Crippen LogP contribution in [-0.2, 0) is 4.79 Å². The smallest absolute Gasteiger partial charge is 0.233 e. The van der Waals surface area contributed by atoms with Crippen molar-refractivity contribution in [1.29, 1.82) is 0 Å². The molecule has 1 atom stereocenters. The van der Waals surface area contributed by atoms with Gasteiger partial charge in [0, 0.05) is 16.6 Å². The zero-order valence-corrected chi connectivity index (χ0v) is 11.0. The maximum absolute atomic E-state index is 11.8. The van der Waals surface area contributed by atoms with E-state index in [1.165, 1.54) is 11.8 Å². The Morgan fingerprint density at radius 2 is 2.24 bits per heavy atom. The van der Waals surface area contributed by atoms with E-state index in [-0.39, 0.29) is 11.2 Å². The van der Waals surface area contributed by atoms with Gasteiger partial charge in [0.25, 0.3) is 0 Å². The number of thioether (sulfide) groups is 1. The number of rotatable bonds is 4. The molecule has 0 heterocycles. The number of nitrogen functional groups attached to an aromatic ring is 1. The van der Waals surface area contributed by atoms with Crippen molar-refractivity contribution in [3.8, 4) is 0 Å². The van der Waals surface area contributed by atoms with Gasteiger partial charge in [-0.3, -0.25) is 4.79 Å². The average molecular weight is 250 g/mol. The molecule has 3 N–H and O–H groups in total. The highest BCUT2D eigenvalue weighted by Crippen LogP contribution is 2.30. The van der Waals surface area contributed by atoms with E-state index in [0.29, 0.717) is 6.04 Å². The van der Waals surface area contributed by atoms with Crippen molar-refractivity contribution in [2.24, 2.45) is 0 Å². The van der Waals surface area contributed by atoms with Crippen LogP contribution in [0.15, 0.2) is 23.1 Å². The van der Waals surface area contributed by atoms with Crippen molar-refractivity contribution in [3.63, 3.8) is 0 Å². The summed E-state index contributed by atoms with van der Waals surface area (Å²) in [5.74, 6) is 0.110. The van der Waals surface area contributed by atoms with Gasteiger partial charge in [-0.1, -0.05) is 6.07 Å². The summed E-state index contributed by atoms with van der Waals surface area (Å²) in [6.07, 6.45) is 2.24. The van der Waals surface area contributed by atoms with Gasteiger partial charge >= 0.3 is 0 Å². The van der Waals surface area contributed by atoms with Crippen LogP contribution in [0.3, 0.4) is 0 Å². The highest BCUT2D eigenvalue weighted by molar-refractivity contribution is 8.00. The van der Waals surface area contributed by atoms with Gasteiger partial charge in [0.2, 0.25) is 5.91 Å². The number of carbonyl (C=O) groups excluding carboxylic acids is 1. The van der Waals surface area contributed by atoms with Crippen LogP contribution in [0.2, 0.25) is 0 Å². The molecule has 1 saturated carbocycles. The van der Waals surface area contributed by atoms with Crippen LogP contribution in [0.5, 0.6) is 0 Å². The third kappa shape index (κ3) is 3.40. The van der Waals surface area contributed by atoms with E-state index in [4.69, 9.17) is 5.73 Å².